The maximum Gasteiger partial charge on any atom is 0.323 e. The summed E-state index contributed by atoms with van der Waals surface area (Å²) in [6.45, 7) is 0. The molecule has 0 unspecified atom stereocenters. The van der Waals surface area contributed by atoms with Gasteiger partial charge in [0.05, 0.1) is 12.6 Å². The minimum atomic E-state index is -0.948. The number of methoxy groups -OCH3 is 1. The number of carbonyl (C=O) groups is 2. The smallest absolute Gasteiger partial charge is 0.323 e. The maximum absolute atomic E-state index is 13.2. The Morgan fingerprint density at radius 3 is 1.68 bits per heavy atom. The van der Waals surface area contributed by atoms with Crippen molar-refractivity contribution in [1.29, 1.82) is 0 Å². The molecule has 0 aliphatic rings. The number of nitrogens with one attached hydrogen (secondary N) is 1. The van der Waals surface area contributed by atoms with Crippen LogP contribution < -0.4 is 5.32 Å². The Kier molecular flexibility index (Phi) is 8.39. The molecule has 5 heteroatoms. The first kappa shape index (κ1) is 25.7. The fourth-order valence-corrected chi connectivity index (χ4v) is 4.44. The van der Waals surface area contributed by atoms with Gasteiger partial charge < -0.3 is 4.74 Å². The van der Waals surface area contributed by atoms with Crippen molar-refractivity contribution in [3.05, 3.63) is 149 Å². The van der Waals surface area contributed by atoms with E-state index in [1.54, 1.807) is 18.2 Å². The molecule has 0 aliphatic heterocycles. The zero-order valence-electron chi connectivity index (χ0n) is 20.5. The second-order valence-electron chi connectivity index (χ2n) is 8.62. The first-order valence-electron chi connectivity index (χ1n) is 12.0. The molecule has 37 heavy (non-hydrogen) atoms. The van der Waals surface area contributed by atoms with Crippen molar-refractivity contribution in [2.75, 3.05) is 7.11 Å². The molecule has 0 spiro atoms. The third-order valence-electron chi connectivity index (χ3n) is 6.23. The second kappa shape index (κ2) is 12.1. The standard InChI is InChI=1S/C32H28FNO3/c1-37-31(36)30(23-29(35)22-19-24-17-20-28(33)21-18-24)34-32(25-11-5-2-6-12-25,26-13-7-3-8-14-26)27-15-9-4-10-16-27/h2-22,30,34H,23H2,1H3/b22-19+/t30-/m0/s1. The van der Waals surface area contributed by atoms with Crippen LogP contribution in [0.2, 0.25) is 0 Å². The van der Waals surface area contributed by atoms with Crippen molar-refractivity contribution in [3.63, 3.8) is 0 Å². The van der Waals surface area contributed by atoms with Crippen LogP contribution in [0.25, 0.3) is 6.08 Å². The van der Waals surface area contributed by atoms with E-state index in [2.05, 4.69) is 5.32 Å². The molecular weight excluding hydrogens is 465 g/mol. The number of hydrogen-bond donors (Lipinski definition) is 1. The highest BCUT2D eigenvalue weighted by Gasteiger charge is 2.40. The Labute approximate surface area is 216 Å². The molecule has 0 fully saturated rings. The molecule has 0 aromatic heterocycles. The molecule has 186 valence electrons. The van der Waals surface area contributed by atoms with Gasteiger partial charge in [-0.1, -0.05) is 109 Å². The molecule has 4 aromatic carbocycles. The maximum atomic E-state index is 13.2. The van der Waals surface area contributed by atoms with E-state index in [0.29, 0.717) is 5.56 Å². The molecule has 1 N–H and O–H groups in total. The molecule has 1 atom stereocenters. The zero-order valence-corrected chi connectivity index (χ0v) is 20.5. The van der Waals surface area contributed by atoms with E-state index in [-0.39, 0.29) is 18.0 Å². The van der Waals surface area contributed by atoms with Gasteiger partial charge in [0.1, 0.15) is 11.9 Å². The number of rotatable bonds is 10. The van der Waals surface area contributed by atoms with Gasteiger partial charge in [0.2, 0.25) is 0 Å². The van der Waals surface area contributed by atoms with Crippen molar-refractivity contribution >= 4 is 17.8 Å². The van der Waals surface area contributed by atoms with Crippen LogP contribution in [0.3, 0.4) is 0 Å². The van der Waals surface area contributed by atoms with Gasteiger partial charge in [0, 0.05) is 6.42 Å². The lowest BCUT2D eigenvalue weighted by Gasteiger charge is -2.39. The number of esters is 1. The van der Waals surface area contributed by atoms with Gasteiger partial charge in [-0.15, -0.1) is 0 Å². The molecule has 4 nitrogen and oxygen atoms in total. The lowest BCUT2D eigenvalue weighted by Crippen LogP contribution is -2.53. The summed E-state index contributed by atoms with van der Waals surface area (Å²) in [4.78, 5) is 26.0. The first-order valence-corrected chi connectivity index (χ1v) is 12.0. The number of benzene rings is 4. The quantitative estimate of drug-likeness (QED) is 0.169. The summed E-state index contributed by atoms with van der Waals surface area (Å²) in [7, 11) is 1.31. The van der Waals surface area contributed by atoms with E-state index in [0.717, 1.165) is 16.7 Å². The highest BCUT2D eigenvalue weighted by Crippen LogP contribution is 2.37. The van der Waals surface area contributed by atoms with Gasteiger partial charge in [0.25, 0.3) is 0 Å². The van der Waals surface area contributed by atoms with Gasteiger partial charge in [-0.25, -0.2) is 4.39 Å². The van der Waals surface area contributed by atoms with E-state index in [9.17, 15) is 14.0 Å². The summed E-state index contributed by atoms with van der Waals surface area (Å²) in [5.41, 5.74) is 2.48. The van der Waals surface area contributed by atoms with Crippen molar-refractivity contribution in [2.24, 2.45) is 0 Å². The summed E-state index contributed by atoms with van der Waals surface area (Å²) >= 11 is 0. The van der Waals surface area contributed by atoms with E-state index in [1.165, 1.54) is 25.3 Å². The third kappa shape index (κ3) is 6.08. The average molecular weight is 494 g/mol. The fraction of sp³-hybridized carbons (Fsp3) is 0.125. The van der Waals surface area contributed by atoms with Crippen molar-refractivity contribution in [1.82, 2.24) is 5.32 Å². The number of ether oxygens (including phenoxy) is 1. The molecular formula is C32H28FNO3. The lowest BCUT2D eigenvalue weighted by molar-refractivity contribution is -0.144. The Morgan fingerprint density at radius 2 is 1.24 bits per heavy atom. The van der Waals surface area contributed by atoms with Gasteiger partial charge in [-0.05, 0) is 40.5 Å². The fourth-order valence-electron chi connectivity index (χ4n) is 4.44. The van der Waals surface area contributed by atoms with E-state index >= 15 is 0 Å². The van der Waals surface area contributed by atoms with Gasteiger partial charge in [0.15, 0.2) is 5.78 Å². The van der Waals surface area contributed by atoms with Crippen LogP contribution in [0.4, 0.5) is 4.39 Å². The van der Waals surface area contributed by atoms with Crippen molar-refractivity contribution in [3.8, 4) is 0 Å². The van der Waals surface area contributed by atoms with Gasteiger partial charge in [-0.3, -0.25) is 14.9 Å². The molecule has 4 aromatic rings. The molecule has 0 saturated heterocycles. The van der Waals surface area contributed by atoms with Gasteiger partial charge in [-0.2, -0.15) is 0 Å². The zero-order chi connectivity index (χ0) is 26.1. The van der Waals surface area contributed by atoms with E-state index in [4.69, 9.17) is 4.74 Å². The minimum absolute atomic E-state index is 0.126. The number of allylic oxidation sites excluding steroid dienone is 1. The predicted octanol–water partition coefficient (Wildman–Crippen LogP) is 5.92. The summed E-state index contributed by atoms with van der Waals surface area (Å²) in [5, 5.41) is 3.52. The number of halogens is 1. The SMILES string of the molecule is COC(=O)[C@H](CC(=O)/C=C/c1ccc(F)cc1)NC(c1ccccc1)(c1ccccc1)c1ccccc1. The first-order chi connectivity index (χ1) is 18.0. The van der Waals surface area contributed by atoms with Crippen molar-refractivity contribution < 1.29 is 18.7 Å². The Balaban J connectivity index is 1.76. The number of ketones is 1. The van der Waals surface area contributed by atoms with Crippen LogP contribution in [0.15, 0.2) is 121 Å². The number of carbonyl (C=O) groups excluding carboxylic acids is 2. The second-order valence-corrected chi connectivity index (χ2v) is 8.62. The monoisotopic (exact) mass is 493 g/mol. The minimum Gasteiger partial charge on any atom is -0.468 e. The molecule has 0 radical (unpaired) electrons. The molecule has 0 amide bonds. The van der Waals surface area contributed by atoms with Crippen LogP contribution in [0.1, 0.15) is 28.7 Å². The van der Waals surface area contributed by atoms with E-state index in [1.807, 2.05) is 91.0 Å². The van der Waals surface area contributed by atoms with Crippen molar-refractivity contribution in [2.45, 2.75) is 18.0 Å². The highest BCUT2D eigenvalue weighted by molar-refractivity contribution is 5.96. The Hall–Kier alpha value is -4.35. The van der Waals surface area contributed by atoms with E-state index < -0.39 is 17.6 Å². The number of hydrogen-bond acceptors (Lipinski definition) is 4. The van der Waals surface area contributed by atoms with Gasteiger partial charge >= 0.3 is 5.97 Å². The largest absolute Gasteiger partial charge is 0.468 e. The molecule has 4 rings (SSSR count). The summed E-state index contributed by atoms with van der Waals surface area (Å²) in [6, 6.07) is 34.3. The Morgan fingerprint density at radius 1 is 0.784 bits per heavy atom. The molecule has 0 aliphatic carbocycles. The normalized spacial score (nSPS) is 12.3. The Bertz CT molecular complexity index is 1240. The topological polar surface area (TPSA) is 55.4 Å². The van der Waals surface area contributed by atoms with Crippen LogP contribution in [0.5, 0.6) is 0 Å². The van der Waals surface area contributed by atoms with Crippen LogP contribution in [0, 0.1) is 5.82 Å². The summed E-state index contributed by atoms with van der Waals surface area (Å²) in [6.07, 6.45) is 2.88. The predicted molar refractivity (Wildman–Crippen MR) is 143 cm³/mol. The van der Waals surface area contributed by atoms with Crippen LogP contribution in [-0.2, 0) is 19.9 Å². The van der Waals surface area contributed by atoms with Crippen LogP contribution >= 0.6 is 0 Å². The third-order valence-corrected chi connectivity index (χ3v) is 6.23. The highest BCUT2D eigenvalue weighted by atomic mass is 19.1. The molecule has 0 saturated carbocycles. The lowest BCUT2D eigenvalue weighted by atomic mass is 9.76. The molecule has 0 bridgehead atoms. The summed E-state index contributed by atoms with van der Waals surface area (Å²) < 4.78 is 18.3. The summed E-state index contributed by atoms with van der Waals surface area (Å²) in [5.74, 6) is -1.16. The average Bonchev–Trinajstić information content (AvgIpc) is 2.96. The molecule has 0 heterocycles. The van der Waals surface area contributed by atoms with Crippen LogP contribution in [-0.4, -0.2) is 24.9 Å².